The Morgan fingerprint density at radius 2 is 1.88 bits per heavy atom. The number of hydrogen-bond acceptors (Lipinski definition) is 4. The van der Waals surface area contributed by atoms with Crippen molar-refractivity contribution in [2.24, 2.45) is 0 Å². The van der Waals surface area contributed by atoms with Gasteiger partial charge in [-0.05, 0) is 39.7 Å². The molecule has 0 saturated carbocycles. The van der Waals surface area contributed by atoms with Gasteiger partial charge in [-0.1, -0.05) is 18.2 Å². The molecule has 1 amide bonds. The van der Waals surface area contributed by atoms with Crippen LogP contribution in [0.3, 0.4) is 0 Å². The Morgan fingerprint density at radius 3 is 2.44 bits per heavy atom. The zero-order chi connectivity index (χ0) is 18.7. The van der Waals surface area contributed by atoms with Crippen LogP contribution in [0.25, 0.3) is 0 Å². The summed E-state index contributed by atoms with van der Waals surface area (Å²) in [6.45, 7) is 6.24. The number of nitrogens with one attached hydrogen (secondary N) is 1. The summed E-state index contributed by atoms with van der Waals surface area (Å²) in [5.74, 6) is -0.931. The van der Waals surface area contributed by atoms with Crippen molar-refractivity contribution in [3.05, 3.63) is 35.6 Å². The Balaban J connectivity index is 1.87. The fourth-order valence-corrected chi connectivity index (χ4v) is 4.09. The normalized spacial score (nSPS) is 16.7. The number of hydrogen-bond donors (Lipinski definition) is 1. The number of halogens is 1. The highest BCUT2D eigenvalue weighted by Crippen LogP contribution is 2.17. The van der Waals surface area contributed by atoms with E-state index in [1.54, 1.807) is 31.7 Å². The topological polar surface area (TPSA) is 75.7 Å². The molecule has 0 radical (unpaired) electrons. The summed E-state index contributed by atoms with van der Waals surface area (Å²) in [6.07, 6.45) is 0.603. The predicted molar refractivity (Wildman–Crippen MR) is 93.0 cm³/mol. The first-order valence-corrected chi connectivity index (χ1v) is 9.92. The standard InChI is InChI=1S/C17H25FN2O4S/c1-17(2,3)24-16(21)20-10-8-14(9-11-20)19-25(22,23)12-13-6-4-5-7-15(13)18/h4-7,14,19H,8-12H2,1-3H3. The summed E-state index contributed by atoms with van der Waals surface area (Å²) in [7, 11) is -3.65. The summed E-state index contributed by atoms with van der Waals surface area (Å²) >= 11 is 0. The van der Waals surface area contributed by atoms with Crippen LogP contribution in [0.2, 0.25) is 0 Å². The molecule has 25 heavy (non-hydrogen) atoms. The van der Waals surface area contributed by atoms with Gasteiger partial charge in [0.1, 0.15) is 11.4 Å². The van der Waals surface area contributed by atoms with Gasteiger partial charge in [0.15, 0.2) is 0 Å². The summed E-state index contributed by atoms with van der Waals surface area (Å²) in [4.78, 5) is 13.6. The van der Waals surface area contributed by atoms with E-state index < -0.39 is 27.2 Å². The fourth-order valence-electron chi connectivity index (χ4n) is 2.62. The largest absolute Gasteiger partial charge is 0.444 e. The van der Waals surface area contributed by atoms with Crippen LogP contribution in [-0.2, 0) is 20.5 Å². The van der Waals surface area contributed by atoms with E-state index in [2.05, 4.69) is 4.72 Å². The van der Waals surface area contributed by atoms with Crippen LogP contribution >= 0.6 is 0 Å². The molecule has 1 saturated heterocycles. The van der Waals surface area contributed by atoms with E-state index in [1.807, 2.05) is 0 Å². The SMILES string of the molecule is CC(C)(C)OC(=O)N1CCC(NS(=O)(=O)Cc2ccccc2F)CC1. The van der Waals surface area contributed by atoms with Crippen LogP contribution in [-0.4, -0.2) is 44.1 Å². The molecule has 1 aliphatic rings. The first-order valence-electron chi connectivity index (χ1n) is 8.27. The van der Waals surface area contributed by atoms with Crippen LogP contribution in [0.15, 0.2) is 24.3 Å². The van der Waals surface area contributed by atoms with Crippen LogP contribution in [0.4, 0.5) is 9.18 Å². The number of sulfonamides is 1. The highest BCUT2D eigenvalue weighted by Gasteiger charge is 2.29. The average Bonchev–Trinajstić information content (AvgIpc) is 2.48. The lowest BCUT2D eigenvalue weighted by molar-refractivity contribution is 0.0203. The molecular formula is C17H25FN2O4S. The van der Waals surface area contributed by atoms with Gasteiger partial charge in [0.25, 0.3) is 0 Å². The zero-order valence-corrected chi connectivity index (χ0v) is 15.6. The Bertz CT molecular complexity index is 708. The Hall–Kier alpha value is -1.67. The minimum atomic E-state index is -3.65. The second-order valence-corrected chi connectivity index (χ2v) is 8.96. The quantitative estimate of drug-likeness (QED) is 0.882. The zero-order valence-electron chi connectivity index (χ0n) is 14.8. The number of likely N-dealkylation sites (tertiary alicyclic amines) is 1. The van der Waals surface area contributed by atoms with E-state index in [0.29, 0.717) is 25.9 Å². The van der Waals surface area contributed by atoms with Crippen LogP contribution in [0, 0.1) is 5.82 Å². The van der Waals surface area contributed by atoms with Crippen molar-refractivity contribution >= 4 is 16.1 Å². The number of piperidine rings is 1. The van der Waals surface area contributed by atoms with Gasteiger partial charge in [0.05, 0.1) is 5.75 Å². The molecule has 1 fully saturated rings. The summed E-state index contributed by atoms with van der Waals surface area (Å²) in [5, 5.41) is 0. The van der Waals surface area contributed by atoms with Crippen molar-refractivity contribution < 1.29 is 22.3 Å². The summed E-state index contributed by atoms with van der Waals surface area (Å²) in [5.41, 5.74) is -0.420. The lowest BCUT2D eigenvalue weighted by Crippen LogP contribution is -2.47. The molecule has 1 N–H and O–H groups in total. The molecule has 8 heteroatoms. The van der Waals surface area contributed by atoms with Gasteiger partial charge in [0, 0.05) is 24.7 Å². The monoisotopic (exact) mass is 372 g/mol. The maximum absolute atomic E-state index is 13.6. The van der Waals surface area contributed by atoms with E-state index in [-0.39, 0.29) is 17.7 Å². The van der Waals surface area contributed by atoms with Gasteiger partial charge in [0.2, 0.25) is 10.0 Å². The third-order valence-corrected chi connectivity index (χ3v) is 5.18. The van der Waals surface area contributed by atoms with Crippen molar-refractivity contribution in [3.63, 3.8) is 0 Å². The Morgan fingerprint density at radius 1 is 1.28 bits per heavy atom. The molecule has 0 aliphatic carbocycles. The molecule has 1 aromatic carbocycles. The third kappa shape index (κ3) is 6.28. The number of carbonyl (C=O) groups excluding carboxylic acids is 1. The molecular weight excluding hydrogens is 347 g/mol. The smallest absolute Gasteiger partial charge is 0.410 e. The highest BCUT2D eigenvalue weighted by molar-refractivity contribution is 7.88. The number of benzene rings is 1. The fraction of sp³-hybridized carbons (Fsp3) is 0.588. The summed E-state index contributed by atoms with van der Waals surface area (Å²) < 4.78 is 46.0. The molecule has 1 aliphatic heterocycles. The number of amides is 1. The van der Waals surface area contributed by atoms with Gasteiger partial charge in [-0.15, -0.1) is 0 Å². The summed E-state index contributed by atoms with van der Waals surface area (Å²) in [6, 6.07) is 5.55. The maximum atomic E-state index is 13.6. The number of carbonyl (C=O) groups is 1. The Labute approximate surface area is 148 Å². The van der Waals surface area contributed by atoms with Gasteiger partial charge in [-0.2, -0.15) is 0 Å². The second kappa shape index (κ2) is 7.70. The lowest BCUT2D eigenvalue weighted by Gasteiger charge is -2.33. The lowest BCUT2D eigenvalue weighted by atomic mass is 10.1. The Kier molecular flexibility index (Phi) is 6.05. The molecule has 0 unspecified atom stereocenters. The van der Waals surface area contributed by atoms with Gasteiger partial charge in [-0.25, -0.2) is 22.3 Å². The molecule has 0 atom stereocenters. The van der Waals surface area contributed by atoms with Gasteiger partial charge >= 0.3 is 6.09 Å². The number of ether oxygens (including phenoxy) is 1. The molecule has 0 aromatic heterocycles. The minimum absolute atomic E-state index is 0.140. The van der Waals surface area contributed by atoms with E-state index >= 15 is 0 Å². The molecule has 1 aromatic rings. The van der Waals surface area contributed by atoms with E-state index in [1.165, 1.54) is 18.2 Å². The first kappa shape index (κ1) is 19.7. The molecule has 1 heterocycles. The molecule has 0 bridgehead atoms. The van der Waals surface area contributed by atoms with Crippen molar-refractivity contribution in [1.82, 2.24) is 9.62 Å². The van der Waals surface area contributed by atoms with Crippen molar-refractivity contribution in [3.8, 4) is 0 Å². The van der Waals surface area contributed by atoms with Crippen molar-refractivity contribution in [2.75, 3.05) is 13.1 Å². The minimum Gasteiger partial charge on any atom is -0.444 e. The number of rotatable bonds is 4. The van der Waals surface area contributed by atoms with Crippen LogP contribution in [0.1, 0.15) is 39.2 Å². The molecule has 2 rings (SSSR count). The molecule has 6 nitrogen and oxygen atoms in total. The molecule has 0 spiro atoms. The van der Waals surface area contributed by atoms with E-state index in [9.17, 15) is 17.6 Å². The highest BCUT2D eigenvalue weighted by atomic mass is 32.2. The van der Waals surface area contributed by atoms with Crippen LogP contribution in [0.5, 0.6) is 0 Å². The second-order valence-electron chi connectivity index (χ2n) is 7.21. The van der Waals surface area contributed by atoms with Gasteiger partial charge < -0.3 is 9.64 Å². The van der Waals surface area contributed by atoms with Crippen molar-refractivity contribution in [2.45, 2.75) is 51.0 Å². The third-order valence-electron chi connectivity index (χ3n) is 3.80. The van der Waals surface area contributed by atoms with E-state index in [4.69, 9.17) is 4.74 Å². The van der Waals surface area contributed by atoms with Gasteiger partial charge in [-0.3, -0.25) is 0 Å². The maximum Gasteiger partial charge on any atom is 0.410 e. The predicted octanol–water partition coefficient (Wildman–Crippen LogP) is 2.64. The number of nitrogens with zero attached hydrogens (tertiary/aromatic N) is 1. The van der Waals surface area contributed by atoms with Crippen LogP contribution < -0.4 is 4.72 Å². The molecule has 140 valence electrons. The average molecular weight is 372 g/mol. The van der Waals surface area contributed by atoms with E-state index in [0.717, 1.165) is 0 Å². The van der Waals surface area contributed by atoms with Crippen molar-refractivity contribution in [1.29, 1.82) is 0 Å². The first-order chi connectivity index (χ1) is 11.6.